The molecule has 0 atom stereocenters. The van der Waals surface area contributed by atoms with Crippen LogP contribution in [0.2, 0.25) is 0 Å². The van der Waals surface area contributed by atoms with Gasteiger partial charge < -0.3 is 10.2 Å². The number of anilines is 2. The SMILES string of the molecule is CN(C)C(=O)CNc1nc(NN)ncc1[N+](=O)[O-]. The molecule has 1 heterocycles. The highest BCUT2D eigenvalue weighted by Crippen LogP contribution is 2.21. The highest BCUT2D eigenvalue weighted by molar-refractivity contribution is 5.80. The predicted molar refractivity (Wildman–Crippen MR) is 63.7 cm³/mol. The van der Waals surface area contributed by atoms with Crippen molar-refractivity contribution in [1.29, 1.82) is 0 Å². The average Bonchev–Trinajstić information content (AvgIpc) is 2.34. The summed E-state index contributed by atoms with van der Waals surface area (Å²) in [6, 6.07) is 0. The summed E-state index contributed by atoms with van der Waals surface area (Å²) in [6.45, 7) is -0.116. The second-order valence-electron chi connectivity index (χ2n) is 3.47. The van der Waals surface area contributed by atoms with Gasteiger partial charge in [-0.3, -0.25) is 20.3 Å². The van der Waals surface area contributed by atoms with Gasteiger partial charge in [0.1, 0.15) is 6.20 Å². The molecular formula is C8H13N7O3. The van der Waals surface area contributed by atoms with Gasteiger partial charge >= 0.3 is 5.69 Å². The van der Waals surface area contributed by atoms with Crippen molar-refractivity contribution >= 4 is 23.4 Å². The lowest BCUT2D eigenvalue weighted by Crippen LogP contribution is -2.29. The third-order valence-corrected chi connectivity index (χ3v) is 2.00. The number of rotatable bonds is 5. The van der Waals surface area contributed by atoms with Gasteiger partial charge in [0.15, 0.2) is 0 Å². The van der Waals surface area contributed by atoms with Crippen molar-refractivity contribution in [3.8, 4) is 0 Å². The molecule has 1 amide bonds. The quantitative estimate of drug-likeness (QED) is 0.352. The Bertz CT molecular complexity index is 462. The number of carbonyl (C=O) groups excluding carboxylic acids is 1. The molecule has 0 spiro atoms. The van der Waals surface area contributed by atoms with E-state index in [0.29, 0.717) is 0 Å². The van der Waals surface area contributed by atoms with Crippen LogP contribution in [-0.4, -0.2) is 46.3 Å². The third kappa shape index (κ3) is 3.25. The zero-order valence-corrected chi connectivity index (χ0v) is 9.88. The number of aromatic nitrogens is 2. The van der Waals surface area contributed by atoms with Gasteiger partial charge in [-0.05, 0) is 0 Å². The first-order valence-corrected chi connectivity index (χ1v) is 4.87. The number of likely N-dealkylation sites (N-methyl/N-ethyl adjacent to an activating group) is 1. The van der Waals surface area contributed by atoms with Crippen molar-refractivity contribution in [2.75, 3.05) is 31.4 Å². The second-order valence-corrected chi connectivity index (χ2v) is 3.47. The maximum absolute atomic E-state index is 11.4. The summed E-state index contributed by atoms with van der Waals surface area (Å²) < 4.78 is 0. The van der Waals surface area contributed by atoms with E-state index in [4.69, 9.17) is 5.84 Å². The van der Waals surface area contributed by atoms with E-state index in [9.17, 15) is 14.9 Å². The molecule has 0 saturated heterocycles. The fraction of sp³-hybridized carbons (Fsp3) is 0.375. The number of nitrogens with one attached hydrogen (secondary N) is 2. The number of hydrogen-bond acceptors (Lipinski definition) is 8. The Balaban J connectivity index is 2.91. The lowest BCUT2D eigenvalue weighted by Gasteiger charge is -2.11. The first kappa shape index (κ1) is 13.6. The van der Waals surface area contributed by atoms with Crippen LogP contribution in [0.5, 0.6) is 0 Å². The molecule has 18 heavy (non-hydrogen) atoms. The molecule has 1 rings (SSSR count). The lowest BCUT2D eigenvalue weighted by molar-refractivity contribution is -0.384. The molecule has 0 aliphatic heterocycles. The number of amides is 1. The predicted octanol–water partition coefficient (Wildman–Crippen LogP) is -0.829. The number of nitrogen functional groups attached to an aromatic ring is 1. The standard InChI is InChI=1S/C8H13N7O3/c1-14(2)6(16)4-10-7-5(15(17)18)3-11-8(12-7)13-9/h3H,4,9H2,1-2H3,(H2,10,11,12,13). The lowest BCUT2D eigenvalue weighted by atomic mass is 10.4. The molecule has 0 aromatic carbocycles. The van der Waals surface area contributed by atoms with Gasteiger partial charge in [-0.15, -0.1) is 0 Å². The maximum Gasteiger partial charge on any atom is 0.329 e. The molecule has 1 aromatic rings. The molecule has 0 radical (unpaired) electrons. The first-order chi connectivity index (χ1) is 8.45. The maximum atomic E-state index is 11.4. The average molecular weight is 255 g/mol. The fourth-order valence-corrected chi connectivity index (χ4v) is 1.03. The Hall–Kier alpha value is -2.49. The molecular weight excluding hydrogens is 242 g/mol. The smallest absolute Gasteiger partial charge is 0.329 e. The number of nitro groups is 1. The Morgan fingerprint density at radius 1 is 1.61 bits per heavy atom. The van der Waals surface area contributed by atoms with Crippen molar-refractivity contribution in [2.45, 2.75) is 0 Å². The van der Waals surface area contributed by atoms with E-state index in [2.05, 4.69) is 20.7 Å². The summed E-state index contributed by atoms with van der Waals surface area (Å²) in [5.74, 6) is 4.80. The zero-order valence-electron chi connectivity index (χ0n) is 9.88. The van der Waals surface area contributed by atoms with Gasteiger partial charge in [-0.2, -0.15) is 4.98 Å². The van der Waals surface area contributed by atoms with Crippen molar-refractivity contribution in [3.63, 3.8) is 0 Å². The minimum atomic E-state index is -0.650. The van der Waals surface area contributed by atoms with Crippen molar-refractivity contribution in [2.24, 2.45) is 5.84 Å². The molecule has 10 heteroatoms. The zero-order chi connectivity index (χ0) is 13.7. The largest absolute Gasteiger partial charge is 0.355 e. The molecule has 10 nitrogen and oxygen atoms in total. The van der Waals surface area contributed by atoms with Crippen LogP contribution in [-0.2, 0) is 4.79 Å². The monoisotopic (exact) mass is 255 g/mol. The molecule has 0 fully saturated rings. The van der Waals surface area contributed by atoms with E-state index in [1.165, 1.54) is 4.90 Å². The van der Waals surface area contributed by atoms with E-state index in [-0.39, 0.29) is 29.9 Å². The van der Waals surface area contributed by atoms with Crippen molar-refractivity contribution in [3.05, 3.63) is 16.3 Å². The van der Waals surface area contributed by atoms with Gasteiger partial charge in [0.2, 0.25) is 17.7 Å². The number of hydrazine groups is 1. The summed E-state index contributed by atoms with van der Waals surface area (Å²) in [4.78, 5) is 30.2. The van der Waals surface area contributed by atoms with Gasteiger partial charge in [0.25, 0.3) is 0 Å². The highest BCUT2D eigenvalue weighted by Gasteiger charge is 2.18. The first-order valence-electron chi connectivity index (χ1n) is 4.87. The van der Waals surface area contributed by atoms with E-state index < -0.39 is 4.92 Å². The highest BCUT2D eigenvalue weighted by atomic mass is 16.6. The van der Waals surface area contributed by atoms with Crippen LogP contribution in [0.4, 0.5) is 17.5 Å². The van der Waals surface area contributed by atoms with Crippen LogP contribution >= 0.6 is 0 Å². The minimum Gasteiger partial charge on any atom is -0.355 e. The van der Waals surface area contributed by atoms with Crippen LogP contribution in [0.15, 0.2) is 6.20 Å². The van der Waals surface area contributed by atoms with Crippen LogP contribution in [0.25, 0.3) is 0 Å². The fourth-order valence-electron chi connectivity index (χ4n) is 1.03. The molecule has 0 aliphatic carbocycles. The summed E-state index contributed by atoms with van der Waals surface area (Å²) in [5, 5.41) is 13.3. The van der Waals surface area contributed by atoms with E-state index >= 15 is 0 Å². The second kappa shape index (κ2) is 5.72. The van der Waals surface area contributed by atoms with E-state index in [0.717, 1.165) is 6.20 Å². The van der Waals surface area contributed by atoms with Crippen molar-refractivity contribution in [1.82, 2.24) is 14.9 Å². The number of carbonyl (C=O) groups is 1. The van der Waals surface area contributed by atoms with Crippen LogP contribution in [0.3, 0.4) is 0 Å². The molecule has 0 saturated carbocycles. The molecule has 4 N–H and O–H groups in total. The van der Waals surface area contributed by atoms with Gasteiger partial charge in [0.05, 0.1) is 11.5 Å². The molecule has 0 unspecified atom stereocenters. The van der Waals surface area contributed by atoms with E-state index in [1.807, 2.05) is 0 Å². The Kier molecular flexibility index (Phi) is 4.32. The number of nitrogens with zero attached hydrogens (tertiary/aromatic N) is 4. The molecule has 0 bridgehead atoms. The minimum absolute atomic E-state index is 0.0143. The Morgan fingerprint density at radius 3 is 2.78 bits per heavy atom. The van der Waals surface area contributed by atoms with Gasteiger partial charge in [-0.1, -0.05) is 0 Å². The van der Waals surface area contributed by atoms with Crippen molar-refractivity contribution < 1.29 is 9.72 Å². The topological polar surface area (TPSA) is 139 Å². The summed E-state index contributed by atoms with van der Waals surface area (Å²) in [6.07, 6.45) is 1.00. The van der Waals surface area contributed by atoms with Gasteiger partial charge in [0, 0.05) is 14.1 Å². The Labute approximate surface area is 102 Å². The normalized spacial score (nSPS) is 9.72. The molecule has 1 aromatic heterocycles. The third-order valence-electron chi connectivity index (χ3n) is 2.00. The number of hydrogen-bond donors (Lipinski definition) is 3. The van der Waals surface area contributed by atoms with Crippen LogP contribution < -0.4 is 16.6 Å². The number of nitrogens with two attached hydrogens (primary N) is 1. The van der Waals surface area contributed by atoms with Crippen LogP contribution in [0.1, 0.15) is 0 Å². The van der Waals surface area contributed by atoms with Crippen LogP contribution in [0, 0.1) is 10.1 Å². The molecule has 0 aliphatic rings. The summed E-state index contributed by atoms with van der Waals surface area (Å²) in [7, 11) is 3.15. The van der Waals surface area contributed by atoms with E-state index in [1.54, 1.807) is 14.1 Å². The van der Waals surface area contributed by atoms with Gasteiger partial charge in [-0.25, -0.2) is 10.8 Å². The summed E-state index contributed by atoms with van der Waals surface area (Å²) >= 11 is 0. The summed E-state index contributed by atoms with van der Waals surface area (Å²) in [5.41, 5.74) is 1.83. The Morgan fingerprint density at radius 2 is 2.28 bits per heavy atom. The molecule has 98 valence electrons.